The van der Waals surface area contributed by atoms with E-state index in [0.717, 1.165) is 8.95 Å². The number of halogens is 2. The highest BCUT2D eigenvalue weighted by atomic mass is 79.9. The fraction of sp³-hybridized carbons (Fsp3) is 0.0769. The molecule has 0 saturated heterocycles. The Kier molecular flexibility index (Phi) is 4.11. The van der Waals surface area contributed by atoms with Crippen molar-refractivity contribution in [2.45, 2.75) is 9.79 Å². The monoisotopic (exact) mass is 357 g/mol. The predicted octanol–water partition coefficient (Wildman–Crippen LogP) is 4.88. The van der Waals surface area contributed by atoms with E-state index < -0.39 is 0 Å². The lowest BCUT2D eigenvalue weighted by Crippen LogP contribution is -1.99. The maximum absolute atomic E-state index is 3.46. The topological polar surface area (TPSA) is 0 Å². The van der Waals surface area contributed by atoms with Crippen LogP contribution < -0.4 is 0 Å². The van der Waals surface area contributed by atoms with Gasteiger partial charge >= 0.3 is 0 Å². The van der Waals surface area contributed by atoms with Crippen molar-refractivity contribution in [1.29, 1.82) is 0 Å². The van der Waals surface area contributed by atoms with Gasteiger partial charge in [-0.2, -0.15) is 0 Å². The molecule has 16 heavy (non-hydrogen) atoms. The van der Waals surface area contributed by atoms with E-state index in [1.54, 1.807) is 0 Å². The summed E-state index contributed by atoms with van der Waals surface area (Å²) in [6.07, 6.45) is 2.26. The zero-order valence-corrected chi connectivity index (χ0v) is 12.8. The van der Waals surface area contributed by atoms with E-state index in [0.29, 0.717) is 0 Å². The minimum Gasteiger partial charge on any atom is -0.0508 e. The van der Waals surface area contributed by atoms with Crippen LogP contribution >= 0.6 is 31.9 Å². The quantitative estimate of drug-likeness (QED) is 0.671. The highest BCUT2D eigenvalue weighted by molar-refractivity contribution is 9.10. The Morgan fingerprint density at radius 2 is 1.00 bits per heavy atom. The van der Waals surface area contributed by atoms with Gasteiger partial charge in [-0.25, -0.2) is 0 Å². The lowest BCUT2D eigenvalue weighted by molar-refractivity contribution is 1.36. The van der Waals surface area contributed by atoms with Gasteiger partial charge in [0.1, 0.15) is 6.26 Å². The summed E-state index contributed by atoms with van der Waals surface area (Å²) in [6.45, 7) is 0. The largest absolute Gasteiger partial charge is 0.160 e. The fourth-order valence-corrected chi connectivity index (χ4v) is 3.30. The van der Waals surface area contributed by atoms with Crippen LogP contribution in [0.5, 0.6) is 0 Å². The van der Waals surface area contributed by atoms with E-state index in [1.807, 2.05) is 0 Å². The average molecular weight is 359 g/mol. The predicted molar refractivity (Wildman–Crippen MR) is 78.1 cm³/mol. The molecule has 3 heteroatoms. The Balaban J connectivity index is 2.28. The second-order valence-electron chi connectivity index (χ2n) is 3.42. The molecule has 0 aliphatic rings. The van der Waals surface area contributed by atoms with Gasteiger partial charge in [-0.05, 0) is 48.5 Å². The fourth-order valence-electron chi connectivity index (χ4n) is 1.41. The zero-order chi connectivity index (χ0) is 11.5. The number of hydrogen-bond acceptors (Lipinski definition) is 0. The molecule has 0 saturated carbocycles. The Morgan fingerprint density at radius 1 is 0.688 bits per heavy atom. The molecule has 2 rings (SSSR count). The zero-order valence-electron chi connectivity index (χ0n) is 8.78. The lowest BCUT2D eigenvalue weighted by atomic mass is 10.4. The van der Waals surface area contributed by atoms with Crippen LogP contribution in [0.3, 0.4) is 0 Å². The molecule has 0 bridgehead atoms. The number of hydrogen-bond donors (Lipinski definition) is 0. The summed E-state index contributed by atoms with van der Waals surface area (Å²) in [5, 5.41) is 0. The number of benzene rings is 2. The minimum atomic E-state index is 0.145. The molecular weight excluding hydrogens is 348 g/mol. The van der Waals surface area contributed by atoms with Gasteiger partial charge in [0.2, 0.25) is 0 Å². The third-order valence-electron chi connectivity index (χ3n) is 2.33. The van der Waals surface area contributed by atoms with E-state index in [-0.39, 0.29) is 10.9 Å². The summed E-state index contributed by atoms with van der Waals surface area (Å²) in [5.41, 5.74) is 0. The third-order valence-corrected chi connectivity index (χ3v) is 5.35. The molecule has 0 N–H and O–H groups in total. The third kappa shape index (κ3) is 2.90. The van der Waals surface area contributed by atoms with Crippen LogP contribution in [-0.4, -0.2) is 6.26 Å². The first-order chi connectivity index (χ1) is 7.66. The minimum absolute atomic E-state index is 0.145. The van der Waals surface area contributed by atoms with Gasteiger partial charge in [-0.1, -0.05) is 31.9 Å². The van der Waals surface area contributed by atoms with Crippen molar-refractivity contribution < 1.29 is 0 Å². The summed E-state index contributed by atoms with van der Waals surface area (Å²) in [6, 6.07) is 17.1. The Labute approximate surface area is 116 Å². The van der Waals surface area contributed by atoms with Gasteiger partial charge in [0.25, 0.3) is 0 Å². The van der Waals surface area contributed by atoms with Crippen molar-refractivity contribution in [2.75, 3.05) is 6.26 Å². The Morgan fingerprint density at radius 3 is 1.31 bits per heavy atom. The lowest BCUT2D eigenvalue weighted by Gasteiger charge is -2.02. The first-order valence-corrected chi connectivity index (χ1v) is 8.06. The van der Waals surface area contributed by atoms with Gasteiger partial charge in [0.15, 0.2) is 9.79 Å². The molecule has 82 valence electrons. The van der Waals surface area contributed by atoms with Gasteiger partial charge < -0.3 is 0 Å². The molecule has 2 aromatic carbocycles. The van der Waals surface area contributed by atoms with E-state index in [9.17, 15) is 0 Å². The molecule has 0 fully saturated rings. The van der Waals surface area contributed by atoms with E-state index in [1.165, 1.54) is 9.79 Å². The molecule has 0 atom stereocenters. The van der Waals surface area contributed by atoms with Crippen LogP contribution in [0.2, 0.25) is 0 Å². The summed E-state index contributed by atoms with van der Waals surface area (Å²) < 4.78 is 2.26. The van der Waals surface area contributed by atoms with Crippen molar-refractivity contribution in [3.8, 4) is 0 Å². The molecule has 0 amide bonds. The van der Waals surface area contributed by atoms with Gasteiger partial charge in [0.05, 0.1) is 10.9 Å². The van der Waals surface area contributed by atoms with Crippen molar-refractivity contribution >= 4 is 42.8 Å². The van der Waals surface area contributed by atoms with E-state index >= 15 is 0 Å². The summed E-state index contributed by atoms with van der Waals surface area (Å²) in [5.74, 6) is 0. The van der Waals surface area contributed by atoms with Crippen molar-refractivity contribution in [3.05, 3.63) is 57.5 Å². The normalized spacial score (nSPS) is 10.8. The summed E-state index contributed by atoms with van der Waals surface area (Å²) >= 11 is 6.91. The maximum atomic E-state index is 3.46. The van der Waals surface area contributed by atoms with Crippen molar-refractivity contribution in [2.24, 2.45) is 0 Å². The standard InChI is InChI=1S/C13H11Br2S/c1-16(12-6-2-10(14)3-7-12)13-8-4-11(15)5-9-13/h2-9H,1H3/q+1. The highest BCUT2D eigenvalue weighted by Crippen LogP contribution is 2.24. The molecule has 0 aliphatic heterocycles. The molecule has 0 unspecified atom stereocenters. The van der Waals surface area contributed by atoms with Gasteiger partial charge in [0, 0.05) is 8.95 Å². The molecule has 0 radical (unpaired) electrons. The number of rotatable bonds is 2. The summed E-state index contributed by atoms with van der Waals surface area (Å²) in [7, 11) is 0.145. The van der Waals surface area contributed by atoms with Crippen LogP contribution in [0, 0.1) is 0 Å². The molecular formula is C13H11Br2S+. The summed E-state index contributed by atoms with van der Waals surface area (Å²) in [4.78, 5) is 2.73. The van der Waals surface area contributed by atoms with Crippen molar-refractivity contribution in [3.63, 3.8) is 0 Å². The maximum Gasteiger partial charge on any atom is 0.160 e. The van der Waals surface area contributed by atoms with Crippen LogP contribution in [-0.2, 0) is 10.9 Å². The second kappa shape index (κ2) is 5.39. The van der Waals surface area contributed by atoms with Crippen LogP contribution in [0.15, 0.2) is 67.3 Å². The molecule has 0 aromatic heterocycles. The second-order valence-corrected chi connectivity index (χ2v) is 7.21. The Bertz CT molecular complexity index is 417. The molecule has 0 aliphatic carbocycles. The molecule has 0 heterocycles. The van der Waals surface area contributed by atoms with Crippen molar-refractivity contribution in [1.82, 2.24) is 0 Å². The highest BCUT2D eigenvalue weighted by Gasteiger charge is 2.18. The SMILES string of the molecule is C[S+](c1ccc(Br)cc1)c1ccc(Br)cc1. The smallest absolute Gasteiger partial charge is 0.0508 e. The molecule has 0 spiro atoms. The first kappa shape index (κ1) is 12.2. The first-order valence-electron chi connectivity index (χ1n) is 4.84. The van der Waals surface area contributed by atoms with Gasteiger partial charge in [-0.3, -0.25) is 0 Å². The van der Waals surface area contributed by atoms with Crippen LogP contribution in [0.4, 0.5) is 0 Å². The molecule has 0 nitrogen and oxygen atoms in total. The average Bonchev–Trinajstić information content (AvgIpc) is 2.30. The van der Waals surface area contributed by atoms with Gasteiger partial charge in [-0.15, -0.1) is 0 Å². The van der Waals surface area contributed by atoms with Crippen LogP contribution in [0.25, 0.3) is 0 Å². The Hall–Kier alpha value is -0.250. The molecule has 2 aromatic rings. The van der Waals surface area contributed by atoms with E-state index in [2.05, 4.69) is 86.6 Å². The van der Waals surface area contributed by atoms with Crippen LogP contribution in [0.1, 0.15) is 0 Å². The van der Waals surface area contributed by atoms with E-state index in [4.69, 9.17) is 0 Å².